The number of anilines is 2. The quantitative estimate of drug-likeness (QED) is 0.387. The molecule has 0 aliphatic heterocycles. The summed E-state index contributed by atoms with van der Waals surface area (Å²) in [6.45, 7) is 2.61. The smallest absolute Gasteiger partial charge is 0.337 e. The molecule has 116 valence electrons. The molecule has 1 rings (SSSR count). The minimum absolute atomic E-state index is 0.163. The lowest BCUT2D eigenvalue weighted by Crippen LogP contribution is -2.39. The number of carbonyl (C=O) groups excluding carboxylic acids is 2. The zero-order chi connectivity index (χ0) is 15.8. The normalized spacial score (nSPS) is 11.6. The zero-order valence-corrected chi connectivity index (χ0v) is 12.4. The second-order valence-electron chi connectivity index (χ2n) is 4.44. The van der Waals surface area contributed by atoms with Crippen molar-refractivity contribution in [2.24, 2.45) is 0 Å². The summed E-state index contributed by atoms with van der Waals surface area (Å²) in [7, 11) is 2.87. The van der Waals surface area contributed by atoms with E-state index in [2.05, 4.69) is 15.4 Å². The van der Waals surface area contributed by atoms with Gasteiger partial charge in [0.05, 0.1) is 30.7 Å². The molecule has 0 heterocycles. The van der Waals surface area contributed by atoms with Crippen LogP contribution in [0.2, 0.25) is 0 Å². The van der Waals surface area contributed by atoms with Crippen molar-refractivity contribution in [1.29, 1.82) is 0 Å². The van der Waals surface area contributed by atoms with Gasteiger partial charge in [0.15, 0.2) is 0 Å². The van der Waals surface area contributed by atoms with Crippen LogP contribution in [0.1, 0.15) is 17.3 Å². The van der Waals surface area contributed by atoms with Crippen molar-refractivity contribution < 1.29 is 19.1 Å². The molecule has 0 saturated heterocycles. The number of esters is 1. The van der Waals surface area contributed by atoms with Gasteiger partial charge in [0, 0.05) is 13.7 Å². The Kier molecular flexibility index (Phi) is 6.48. The highest BCUT2D eigenvalue weighted by Gasteiger charge is 2.14. The van der Waals surface area contributed by atoms with Gasteiger partial charge in [0.25, 0.3) is 0 Å². The van der Waals surface area contributed by atoms with E-state index >= 15 is 0 Å². The number of benzene rings is 1. The van der Waals surface area contributed by atoms with Gasteiger partial charge in [0.1, 0.15) is 6.04 Å². The first-order valence-corrected chi connectivity index (χ1v) is 6.50. The molecule has 0 aliphatic carbocycles. The Bertz CT molecular complexity index is 505. The molecule has 0 saturated carbocycles. The van der Waals surface area contributed by atoms with E-state index in [1.54, 1.807) is 26.2 Å². The molecule has 1 aromatic rings. The van der Waals surface area contributed by atoms with Crippen LogP contribution < -0.4 is 16.4 Å². The van der Waals surface area contributed by atoms with E-state index in [1.165, 1.54) is 13.2 Å². The highest BCUT2D eigenvalue weighted by molar-refractivity contribution is 5.92. The second-order valence-corrected chi connectivity index (χ2v) is 4.44. The molecule has 0 aliphatic rings. The number of carbonyl (C=O) groups is 2. The predicted octanol–water partition coefficient (Wildman–Crippen LogP) is 0.618. The topological polar surface area (TPSA) is 103 Å². The highest BCUT2D eigenvalue weighted by Crippen LogP contribution is 2.21. The number of nitrogen functional groups attached to an aromatic ring is 1. The summed E-state index contributed by atoms with van der Waals surface area (Å²) >= 11 is 0. The molecule has 1 aromatic carbocycles. The monoisotopic (exact) mass is 295 g/mol. The van der Waals surface area contributed by atoms with Crippen LogP contribution in [0.5, 0.6) is 0 Å². The minimum atomic E-state index is -0.465. The number of amides is 1. The summed E-state index contributed by atoms with van der Waals surface area (Å²) in [6.07, 6.45) is 0. The van der Waals surface area contributed by atoms with E-state index in [9.17, 15) is 9.59 Å². The largest absolute Gasteiger partial charge is 0.465 e. The van der Waals surface area contributed by atoms with Crippen LogP contribution in [0.25, 0.3) is 0 Å². The van der Waals surface area contributed by atoms with E-state index < -0.39 is 12.0 Å². The molecule has 7 heteroatoms. The van der Waals surface area contributed by atoms with E-state index in [0.29, 0.717) is 30.1 Å². The third kappa shape index (κ3) is 4.96. The molecule has 1 atom stereocenters. The van der Waals surface area contributed by atoms with Crippen molar-refractivity contribution in [2.45, 2.75) is 13.0 Å². The molecule has 0 spiro atoms. The Balaban J connectivity index is 2.66. The van der Waals surface area contributed by atoms with Gasteiger partial charge in [-0.25, -0.2) is 4.79 Å². The number of rotatable bonds is 7. The summed E-state index contributed by atoms with van der Waals surface area (Å²) < 4.78 is 9.47. The van der Waals surface area contributed by atoms with Crippen LogP contribution in [-0.2, 0) is 14.3 Å². The van der Waals surface area contributed by atoms with Gasteiger partial charge in [-0.2, -0.15) is 0 Å². The first-order valence-electron chi connectivity index (χ1n) is 6.50. The molecular formula is C14H21N3O4. The van der Waals surface area contributed by atoms with E-state index in [-0.39, 0.29) is 5.91 Å². The van der Waals surface area contributed by atoms with Crippen molar-refractivity contribution >= 4 is 23.3 Å². The van der Waals surface area contributed by atoms with Crippen LogP contribution >= 0.6 is 0 Å². The SMILES string of the molecule is COCCNC(=O)C(C)Nc1ccc(C(=O)OC)cc1N. The van der Waals surface area contributed by atoms with Gasteiger partial charge in [-0.05, 0) is 25.1 Å². The van der Waals surface area contributed by atoms with Crippen LogP contribution in [0.3, 0.4) is 0 Å². The third-order valence-corrected chi connectivity index (χ3v) is 2.84. The Morgan fingerprint density at radius 2 is 2.05 bits per heavy atom. The average molecular weight is 295 g/mol. The molecule has 4 N–H and O–H groups in total. The summed E-state index contributed by atoms with van der Waals surface area (Å²) in [5, 5.41) is 5.71. The van der Waals surface area contributed by atoms with Gasteiger partial charge in [0.2, 0.25) is 5.91 Å². The number of nitrogens with one attached hydrogen (secondary N) is 2. The summed E-state index contributed by atoms with van der Waals surface area (Å²) in [4.78, 5) is 23.2. The lowest BCUT2D eigenvalue weighted by Gasteiger charge is -2.17. The molecule has 0 bridgehead atoms. The Morgan fingerprint density at radius 1 is 1.33 bits per heavy atom. The second kappa shape index (κ2) is 8.11. The maximum absolute atomic E-state index is 11.8. The number of nitrogens with two attached hydrogens (primary N) is 1. The number of hydrogen-bond donors (Lipinski definition) is 3. The van der Waals surface area contributed by atoms with Gasteiger partial charge < -0.3 is 25.8 Å². The summed E-state index contributed by atoms with van der Waals surface area (Å²) in [5.74, 6) is -0.623. The maximum Gasteiger partial charge on any atom is 0.337 e. The molecule has 0 aromatic heterocycles. The van der Waals surface area contributed by atoms with Gasteiger partial charge >= 0.3 is 5.97 Å². The van der Waals surface area contributed by atoms with Gasteiger partial charge in [-0.15, -0.1) is 0 Å². The van der Waals surface area contributed by atoms with Crippen LogP contribution in [0, 0.1) is 0 Å². The Morgan fingerprint density at radius 3 is 2.62 bits per heavy atom. The Labute approximate surface area is 123 Å². The van der Waals surface area contributed by atoms with Crippen LogP contribution in [-0.4, -0.2) is 45.3 Å². The van der Waals surface area contributed by atoms with Crippen molar-refractivity contribution in [1.82, 2.24) is 5.32 Å². The highest BCUT2D eigenvalue weighted by atomic mass is 16.5. The molecule has 21 heavy (non-hydrogen) atoms. The lowest BCUT2D eigenvalue weighted by molar-refractivity contribution is -0.121. The molecule has 1 unspecified atom stereocenters. The number of ether oxygens (including phenoxy) is 2. The summed E-state index contributed by atoms with van der Waals surface area (Å²) in [6, 6.07) is 4.26. The predicted molar refractivity (Wildman–Crippen MR) is 80.2 cm³/mol. The van der Waals surface area contributed by atoms with Crippen molar-refractivity contribution in [2.75, 3.05) is 38.4 Å². The Hall–Kier alpha value is -2.28. The molecule has 1 amide bonds. The van der Waals surface area contributed by atoms with Crippen molar-refractivity contribution in [3.63, 3.8) is 0 Å². The van der Waals surface area contributed by atoms with Gasteiger partial charge in [-0.1, -0.05) is 0 Å². The third-order valence-electron chi connectivity index (χ3n) is 2.84. The average Bonchev–Trinajstić information content (AvgIpc) is 2.48. The standard InChI is InChI=1S/C14H21N3O4/c1-9(13(18)16-6-7-20-2)17-12-5-4-10(8-11(12)15)14(19)21-3/h4-5,8-9,17H,6-7,15H2,1-3H3,(H,16,18). The first kappa shape index (κ1) is 16.8. The van der Waals surface area contributed by atoms with Crippen LogP contribution in [0.15, 0.2) is 18.2 Å². The van der Waals surface area contributed by atoms with Crippen LogP contribution in [0.4, 0.5) is 11.4 Å². The first-order chi connectivity index (χ1) is 9.99. The zero-order valence-electron chi connectivity index (χ0n) is 12.4. The minimum Gasteiger partial charge on any atom is -0.465 e. The molecular weight excluding hydrogens is 274 g/mol. The molecule has 0 radical (unpaired) electrons. The maximum atomic E-state index is 11.8. The summed E-state index contributed by atoms with van der Waals surface area (Å²) in [5.41, 5.74) is 7.17. The van der Waals surface area contributed by atoms with E-state index in [1.807, 2.05) is 0 Å². The molecule has 7 nitrogen and oxygen atoms in total. The fourth-order valence-electron chi connectivity index (χ4n) is 1.67. The molecule has 0 fully saturated rings. The lowest BCUT2D eigenvalue weighted by atomic mass is 10.1. The van der Waals surface area contributed by atoms with Crippen molar-refractivity contribution in [3.05, 3.63) is 23.8 Å². The van der Waals surface area contributed by atoms with Crippen molar-refractivity contribution in [3.8, 4) is 0 Å². The van der Waals surface area contributed by atoms with Gasteiger partial charge in [-0.3, -0.25) is 4.79 Å². The number of hydrogen-bond acceptors (Lipinski definition) is 6. The fraction of sp³-hybridized carbons (Fsp3) is 0.429. The number of methoxy groups -OCH3 is 2. The van der Waals surface area contributed by atoms with E-state index in [4.69, 9.17) is 10.5 Å². The van der Waals surface area contributed by atoms with E-state index in [0.717, 1.165) is 0 Å². The fourth-order valence-corrected chi connectivity index (χ4v) is 1.67.